The number of ether oxygens (including phenoxy) is 2. The molecule has 3 heteroatoms. The van der Waals surface area contributed by atoms with E-state index in [-0.39, 0.29) is 6.10 Å². The lowest BCUT2D eigenvalue weighted by Gasteiger charge is -2.32. The molecule has 0 saturated heterocycles. The highest BCUT2D eigenvalue weighted by Gasteiger charge is 2.38. The molecule has 1 aromatic carbocycles. The molecule has 0 amide bonds. The molecule has 1 aliphatic heterocycles. The van der Waals surface area contributed by atoms with Crippen molar-refractivity contribution in [1.29, 1.82) is 0 Å². The Balaban J connectivity index is 1.76. The van der Waals surface area contributed by atoms with Crippen LogP contribution in [0.15, 0.2) is 24.3 Å². The zero-order valence-corrected chi connectivity index (χ0v) is 9.48. The second-order valence-corrected chi connectivity index (χ2v) is 4.57. The van der Waals surface area contributed by atoms with Crippen LogP contribution in [0.2, 0.25) is 0 Å². The highest BCUT2D eigenvalue weighted by atomic mass is 16.6. The standard InChI is InChI=1S/C13H17NO2/c1-14-13(9-6-7-9)12-8-15-10-4-2-3-5-11(10)16-12/h2-5,9,12-14H,6-8H2,1H3. The number of rotatable bonds is 3. The van der Waals surface area contributed by atoms with E-state index >= 15 is 0 Å². The molecule has 1 aromatic rings. The zero-order chi connectivity index (χ0) is 11.0. The Kier molecular flexibility index (Phi) is 2.48. The molecule has 1 N–H and O–H groups in total. The van der Waals surface area contributed by atoms with E-state index in [1.165, 1.54) is 12.8 Å². The largest absolute Gasteiger partial charge is 0.486 e. The molecular formula is C13H17NO2. The molecule has 1 aliphatic carbocycles. The van der Waals surface area contributed by atoms with Gasteiger partial charge in [-0.2, -0.15) is 0 Å². The Labute approximate surface area is 95.8 Å². The quantitative estimate of drug-likeness (QED) is 0.841. The van der Waals surface area contributed by atoms with Crippen LogP contribution in [0.1, 0.15) is 12.8 Å². The van der Waals surface area contributed by atoms with Gasteiger partial charge in [0.2, 0.25) is 0 Å². The van der Waals surface area contributed by atoms with Crippen molar-refractivity contribution in [3.8, 4) is 11.5 Å². The van der Waals surface area contributed by atoms with E-state index < -0.39 is 0 Å². The van der Waals surface area contributed by atoms with Crippen LogP contribution in [0, 0.1) is 5.92 Å². The van der Waals surface area contributed by atoms with E-state index in [0.29, 0.717) is 12.6 Å². The Bertz CT molecular complexity index is 376. The fraction of sp³-hybridized carbons (Fsp3) is 0.538. The smallest absolute Gasteiger partial charge is 0.161 e. The number of benzene rings is 1. The Hall–Kier alpha value is -1.22. The van der Waals surface area contributed by atoms with Gasteiger partial charge in [-0.3, -0.25) is 0 Å². The molecule has 1 fully saturated rings. The second-order valence-electron chi connectivity index (χ2n) is 4.57. The first-order valence-electron chi connectivity index (χ1n) is 5.94. The van der Waals surface area contributed by atoms with Gasteiger partial charge in [0.15, 0.2) is 11.5 Å². The van der Waals surface area contributed by atoms with Crippen molar-refractivity contribution in [2.75, 3.05) is 13.7 Å². The molecule has 1 heterocycles. The number of para-hydroxylation sites is 2. The van der Waals surface area contributed by atoms with Crippen molar-refractivity contribution in [2.45, 2.75) is 25.0 Å². The normalized spacial score (nSPS) is 25.2. The maximum atomic E-state index is 6.00. The summed E-state index contributed by atoms with van der Waals surface area (Å²) in [5.41, 5.74) is 0. The fourth-order valence-electron chi connectivity index (χ4n) is 2.39. The molecule has 0 radical (unpaired) electrons. The van der Waals surface area contributed by atoms with Gasteiger partial charge in [0, 0.05) is 0 Å². The lowest BCUT2D eigenvalue weighted by molar-refractivity contribution is 0.0580. The number of fused-ring (bicyclic) bond motifs is 1. The van der Waals surface area contributed by atoms with E-state index in [1.54, 1.807) is 0 Å². The Morgan fingerprint density at radius 3 is 2.69 bits per heavy atom. The topological polar surface area (TPSA) is 30.5 Å². The summed E-state index contributed by atoms with van der Waals surface area (Å²) in [4.78, 5) is 0. The van der Waals surface area contributed by atoms with Gasteiger partial charge < -0.3 is 14.8 Å². The fourth-order valence-corrected chi connectivity index (χ4v) is 2.39. The van der Waals surface area contributed by atoms with E-state index in [2.05, 4.69) is 5.32 Å². The van der Waals surface area contributed by atoms with Crippen LogP contribution < -0.4 is 14.8 Å². The maximum absolute atomic E-state index is 6.00. The summed E-state index contributed by atoms with van der Waals surface area (Å²) < 4.78 is 11.7. The minimum Gasteiger partial charge on any atom is -0.486 e. The van der Waals surface area contributed by atoms with Gasteiger partial charge in [-0.05, 0) is 37.9 Å². The molecule has 2 atom stereocenters. The zero-order valence-electron chi connectivity index (χ0n) is 9.48. The minimum absolute atomic E-state index is 0.146. The average molecular weight is 219 g/mol. The van der Waals surface area contributed by atoms with Crippen molar-refractivity contribution in [1.82, 2.24) is 5.32 Å². The molecule has 86 valence electrons. The summed E-state index contributed by atoms with van der Waals surface area (Å²) in [7, 11) is 2.01. The number of likely N-dealkylation sites (N-methyl/N-ethyl adjacent to an activating group) is 1. The van der Waals surface area contributed by atoms with Crippen LogP contribution in [0.3, 0.4) is 0 Å². The first-order valence-corrected chi connectivity index (χ1v) is 5.94. The minimum atomic E-state index is 0.146. The maximum Gasteiger partial charge on any atom is 0.161 e. The molecule has 16 heavy (non-hydrogen) atoms. The van der Waals surface area contributed by atoms with Gasteiger partial charge in [0.1, 0.15) is 12.7 Å². The predicted octanol–water partition coefficient (Wildman–Crippen LogP) is 1.82. The van der Waals surface area contributed by atoms with Crippen molar-refractivity contribution >= 4 is 0 Å². The average Bonchev–Trinajstić information content (AvgIpc) is 3.14. The molecule has 0 aromatic heterocycles. The van der Waals surface area contributed by atoms with E-state index in [9.17, 15) is 0 Å². The highest BCUT2D eigenvalue weighted by molar-refractivity contribution is 5.40. The van der Waals surface area contributed by atoms with Gasteiger partial charge in [-0.15, -0.1) is 0 Å². The van der Waals surface area contributed by atoms with Crippen LogP contribution >= 0.6 is 0 Å². The Morgan fingerprint density at radius 2 is 2.00 bits per heavy atom. The predicted molar refractivity (Wildman–Crippen MR) is 61.9 cm³/mol. The Morgan fingerprint density at radius 1 is 1.25 bits per heavy atom. The van der Waals surface area contributed by atoms with Crippen molar-refractivity contribution < 1.29 is 9.47 Å². The van der Waals surface area contributed by atoms with E-state index in [0.717, 1.165) is 17.4 Å². The second kappa shape index (κ2) is 3.98. The lowest BCUT2D eigenvalue weighted by Crippen LogP contribution is -2.47. The van der Waals surface area contributed by atoms with Crippen LogP contribution in [0.5, 0.6) is 11.5 Å². The lowest BCUT2D eigenvalue weighted by atomic mass is 10.1. The molecule has 1 saturated carbocycles. The number of hydrogen-bond acceptors (Lipinski definition) is 3. The van der Waals surface area contributed by atoms with Crippen molar-refractivity contribution in [3.05, 3.63) is 24.3 Å². The third-order valence-electron chi connectivity index (χ3n) is 3.39. The molecule has 2 aliphatic rings. The summed E-state index contributed by atoms with van der Waals surface area (Å²) in [6.07, 6.45) is 2.77. The van der Waals surface area contributed by atoms with Crippen LogP contribution in [0.25, 0.3) is 0 Å². The molecule has 0 bridgehead atoms. The first-order chi connectivity index (χ1) is 7.88. The van der Waals surface area contributed by atoms with Crippen LogP contribution in [0.4, 0.5) is 0 Å². The van der Waals surface area contributed by atoms with Crippen LogP contribution in [-0.4, -0.2) is 25.8 Å². The molecule has 3 rings (SSSR count). The van der Waals surface area contributed by atoms with Gasteiger partial charge in [0.05, 0.1) is 6.04 Å². The molecule has 0 spiro atoms. The van der Waals surface area contributed by atoms with Gasteiger partial charge >= 0.3 is 0 Å². The van der Waals surface area contributed by atoms with E-state index in [4.69, 9.17) is 9.47 Å². The van der Waals surface area contributed by atoms with Gasteiger partial charge in [0.25, 0.3) is 0 Å². The van der Waals surface area contributed by atoms with E-state index in [1.807, 2.05) is 31.3 Å². The number of hydrogen-bond donors (Lipinski definition) is 1. The SMILES string of the molecule is CNC(C1CC1)C1COc2ccccc2O1. The monoisotopic (exact) mass is 219 g/mol. The van der Waals surface area contributed by atoms with Gasteiger partial charge in [-0.1, -0.05) is 12.1 Å². The summed E-state index contributed by atoms with van der Waals surface area (Å²) in [6, 6.07) is 8.31. The summed E-state index contributed by atoms with van der Waals surface area (Å²) in [5, 5.41) is 3.36. The van der Waals surface area contributed by atoms with Crippen molar-refractivity contribution in [3.63, 3.8) is 0 Å². The van der Waals surface area contributed by atoms with Crippen molar-refractivity contribution in [2.24, 2.45) is 5.92 Å². The number of nitrogens with one attached hydrogen (secondary N) is 1. The summed E-state index contributed by atoms with van der Waals surface area (Å²) in [6.45, 7) is 0.652. The first kappa shape index (κ1) is 9.97. The highest BCUT2D eigenvalue weighted by Crippen LogP contribution is 2.38. The third kappa shape index (κ3) is 1.76. The summed E-state index contributed by atoms with van der Waals surface area (Å²) >= 11 is 0. The molecule has 3 nitrogen and oxygen atoms in total. The third-order valence-corrected chi connectivity index (χ3v) is 3.39. The molecule has 2 unspecified atom stereocenters. The van der Waals surface area contributed by atoms with Gasteiger partial charge in [-0.25, -0.2) is 0 Å². The van der Waals surface area contributed by atoms with Crippen LogP contribution in [-0.2, 0) is 0 Å². The summed E-state index contributed by atoms with van der Waals surface area (Å²) in [5.74, 6) is 2.51. The molecular weight excluding hydrogens is 202 g/mol.